The maximum atomic E-state index is 12.6. The third-order valence-electron chi connectivity index (χ3n) is 4.30. The minimum Gasteiger partial charge on any atom is -0.249 e. The van der Waals surface area contributed by atoms with Crippen LogP contribution < -0.4 is 0 Å². The lowest BCUT2D eigenvalue weighted by Crippen LogP contribution is -2.35. The molecule has 0 N–H and O–H groups in total. The third-order valence-corrected chi connectivity index (χ3v) is 7.62. The fraction of sp³-hybridized carbons (Fsp3) is 0.389. The summed E-state index contributed by atoms with van der Waals surface area (Å²) in [5, 5.41) is 1.64. The van der Waals surface area contributed by atoms with Gasteiger partial charge < -0.3 is 0 Å². The lowest BCUT2D eigenvalue weighted by atomic mass is 10.2. The summed E-state index contributed by atoms with van der Waals surface area (Å²) < 4.78 is 26.9. The summed E-state index contributed by atoms with van der Waals surface area (Å²) in [7, 11) is -3.43. The molecule has 0 radical (unpaired) electrons. The van der Waals surface area contributed by atoms with Crippen LogP contribution in [0, 0.1) is 0 Å². The number of nitrogens with zero attached hydrogens (tertiary/aromatic N) is 2. The first-order valence-electron chi connectivity index (χ1n) is 8.36. The standard InChI is InChI=1S/C18H21ClN2O2S2/c1-14(16-7-3-4-8-17(16)19)24-18-10-9-15(13-20-18)25(22,23)21-11-5-2-6-12-21/h3-4,7-10,13-14H,2,5-6,11-12H2,1H3. The molecule has 1 aromatic carbocycles. The van der Waals surface area contributed by atoms with E-state index in [-0.39, 0.29) is 10.1 Å². The van der Waals surface area contributed by atoms with Crippen molar-refractivity contribution >= 4 is 33.4 Å². The van der Waals surface area contributed by atoms with Gasteiger partial charge in [0.25, 0.3) is 0 Å². The van der Waals surface area contributed by atoms with Gasteiger partial charge in [-0.05, 0) is 43.5 Å². The molecular formula is C18H21ClN2O2S2. The summed E-state index contributed by atoms with van der Waals surface area (Å²) in [6, 6.07) is 11.2. The van der Waals surface area contributed by atoms with Crippen molar-refractivity contribution in [3.05, 3.63) is 53.2 Å². The van der Waals surface area contributed by atoms with Crippen molar-refractivity contribution in [2.75, 3.05) is 13.1 Å². The minimum atomic E-state index is -3.43. The van der Waals surface area contributed by atoms with Crippen LogP contribution in [0.3, 0.4) is 0 Å². The van der Waals surface area contributed by atoms with E-state index in [4.69, 9.17) is 11.6 Å². The van der Waals surface area contributed by atoms with Gasteiger partial charge in [-0.1, -0.05) is 48.0 Å². The Bertz CT molecular complexity index is 819. The molecule has 134 valence electrons. The highest BCUT2D eigenvalue weighted by atomic mass is 35.5. The van der Waals surface area contributed by atoms with Gasteiger partial charge >= 0.3 is 0 Å². The van der Waals surface area contributed by atoms with Crippen LogP contribution in [0.5, 0.6) is 0 Å². The smallest absolute Gasteiger partial charge is 0.244 e. The Labute approximate surface area is 158 Å². The van der Waals surface area contributed by atoms with Crippen LogP contribution >= 0.6 is 23.4 Å². The van der Waals surface area contributed by atoms with Gasteiger partial charge in [-0.25, -0.2) is 13.4 Å². The Morgan fingerprint density at radius 2 is 1.84 bits per heavy atom. The van der Waals surface area contributed by atoms with Gasteiger partial charge in [-0.15, -0.1) is 0 Å². The maximum absolute atomic E-state index is 12.6. The zero-order chi connectivity index (χ0) is 17.9. The van der Waals surface area contributed by atoms with E-state index in [0.29, 0.717) is 13.1 Å². The average Bonchev–Trinajstić information content (AvgIpc) is 2.63. The highest BCUT2D eigenvalue weighted by Gasteiger charge is 2.26. The molecule has 0 bridgehead atoms. The Morgan fingerprint density at radius 3 is 2.48 bits per heavy atom. The molecule has 2 heterocycles. The van der Waals surface area contributed by atoms with Gasteiger partial charge in [0.1, 0.15) is 4.90 Å². The SMILES string of the molecule is CC(Sc1ccc(S(=O)(=O)N2CCCCC2)cn1)c1ccccc1Cl. The first kappa shape index (κ1) is 18.7. The fourth-order valence-corrected chi connectivity index (χ4v) is 5.67. The second kappa shape index (κ2) is 8.08. The zero-order valence-electron chi connectivity index (χ0n) is 14.1. The summed E-state index contributed by atoms with van der Waals surface area (Å²) in [6.07, 6.45) is 4.41. The Balaban J connectivity index is 1.73. The topological polar surface area (TPSA) is 50.3 Å². The number of piperidine rings is 1. The van der Waals surface area contributed by atoms with Crippen molar-refractivity contribution in [2.45, 2.75) is 41.4 Å². The molecule has 4 nitrogen and oxygen atoms in total. The molecule has 7 heteroatoms. The van der Waals surface area contributed by atoms with Crippen LogP contribution in [0.1, 0.15) is 37.0 Å². The number of benzene rings is 1. The molecule has 1 fully saturated rings. The van der Waals surface area contributed by atoms with Crippen molar-refractivity contribution in [3.63, 3.8) is 0 Å². The van der Waals surface area contributed by atoms with Gasteiger partial charge in [0.15, 0.2) is 0 Å². The second-order valence-corrected chi connectivity index (χ2v) is 9.78. The normalized spacial score (nSPS) is 17.4. The zero-order valence-corrected chi connectivity index (χ0v) is 16.4. The van der Waals surface area contributed by atoms with E-state index < -0.39 is 10.0 Å². The number of thioether (sulfide) groups is 1. The largest absolute Gasteiger partial charge is 0.249 e. The third kappa shape index (κ3) is 4.37. The van der Waals surface area contributed by atoms with Gasteiger partial charge in [-0.3, -0.25) is 0 Å². The number of pyridine rings is 1. The second-order valence-electron chi connectivity index (χ2n) is 6.08. The average molecular weight is 397 g/mol. The van der Waals surface area contributed by atoms with Gasteiger partial charge in [0.2, 0.25) is 10.0 Å². The van der Waals surface area contributed by atoms with Gasteiger partial charge in [0, 0.05) is 29.6 Å². The van der Waals surface area contributed by atoms with E-state index in [0.717, 1.165) is 34.9 Å². The molecular weight excluding hydrogens is 376 g/mol. The number of sulfonamides is 1. The molecule has 1 aliphatic rings. The highest BCUT2D eigenvalue weighted by molar-refractivity contribution is 7.99. The van der Waals surface area contributed by atoms with Gasteiger partial charge in [0.05, 0.1) is 5.03 Å². The predicted octanol–water partition coefficient (Wildman–Crippen LogP) is 4.76. The van der Waals surface area contributed by atoms with E-state index in [1.807, 2.05) is 24.3 Å². The summed E-state index contributed by atoms with van der Waals surface area (Å²) in [4.78, 5) is 4.62. The van der Waals surface area contributed by atoms with Gasteiger partial charge in [-0.2, -0.15) is 4.31 Å². The number of hydrogen-bond acceptors (Lipinski definition) is 4. The Hall–Kier alpha value is -1.08. The van der Waals surface area contributed by atoms with Crippen molar-refractivity contribution in [3.8, 4) is 0 Å². The van der Waals surface area contributed by atoms with Crippen molar-refractivity contribution < 1.29 is 8.42 Å². The van der Waals surface area contributed by atoms with Crippen LogP contribution in [-0.2, 0) is 10.0 Å². The summed E-state index contributed by atoms with van der Waals surface area (Å²) >= 11 is 7.80. The number of rotatable bonds is 5. The summed E-state index contributed by atoms with van der Waals surface area (Å²) in [6.45, 7) is 3.26. The van der Waals surface area contributed by atoms with E-state index in [9.17, 15) is 8.42 Å². The summed E-state index contributed by atoms with van der Waals surface area (Å²) in [5.41, 5.74) is 1.04. The van der Waals surface area contributed by atoms with Crippen LogP contribution in [0.15, 0.2) is 52.5 Å². The summed E-state index contributed by atoms with van der Waals surface area (Å²) in [5.74, 6) is 0. The van der Waals surface area contributed by atoms with Crippen LogP contribution in [-0.4, -0.2) is 30.8 Å². The molecule has 25 heavy (non-hydrogen) atoms. The number of hydrogen-bond donors (Lipinski definition) is 0. The minimum absolute atomic E-state index is 0.130. The van der Waals surface area contributed by atoms with Crippen LogP contribution in [0.25, 0.3) is 0 Å². The molecule has 0 saturated carbocycles. The van der Waals surface area contributed by atoms with Crippen molar-refractivity contribution in [1.82, 2.24) is 9.29 Å². The maximum Gasteiger partial charge on any atom is 0.244 e. The van der Waals surface area contributed by atoms with E-state index >= 15 is 0 Å². The molecule has 1 unspecified atom stereocenters. The number of halogens is 1. The Morgan fingerprint density at radius 1 is 1.12 bits per heavy atom. The van der Waals surface area contributed by atoms with E-state index in [1.54, 1.807) is 28.2 Å². The fourth-order valence-electron chi connectivity index (χ4n) is 2.89. The van der Waals surface area contributed by atoms with Crippen molar-refractivity contribution in [1.29, 1.82) is 0 Å². The van der Waals surface area contributed by atoms with Crippen molar-refractivity contribution in [2.24, 2.45) is 0 Å². The molecule has 0 aliphatic carbocycles. The molecule has 1 saturated heterocycles. The first-order chi connectivity index (χ1) is 12.0. The lowest BCUT2D eigenvalue weighted by molar-refractivity contribution is 0.346. The van der Waals surface area contributed by atoms with E-state index in [1.165, 1.54) is 6.20 Å². The Kier molecular flexibility index (Phi) is 6.04. The molecule has 0 amide bonds. The molecule has 2 aromatic rings. The highest BCUT2D eigenvalue weighted by Crippen LogP contribution is 2.37. The molecule has 1 aliphatic heterocycles. The first-order valence-corrected chi connectivity index (χ1v) is 11.1. The molecule has 1 atom stereocenters. The number of aromatic nitrogens is 1. The molecule has 3 rings (SSSR count). The predicted molar refractivity (Wildman–Crippen MR) is 103 cm³/mol. The molecule has 1 aromatic heterocycles. The quantitative estimate of drug-likeness (QED) is 0.683. The van der Waals surface area contributed by atoms with Crippen LogP contribution in [0.2, 0.25) is 5.02 Å². The molecule has 0 spiro atoms. The van der Waals surface area contributed by atoms with Crippen LogP contribution in [0.4, 0.5) is 0 Å². The monoisotopic (exact) mass is 396 g/mol. The lowest BCUT2D eigenvalue weighted by Gasteiger charge is -2.25. The van der Waals surface area contributed by atoms with E-state index in [2.05, 4.69) is 11.9 Å².